The molecule has 3 N–H and O–H groups in total. The summed E-state index contributed by atoms with van der Waals surface area (Å²) in [5.74, 6) is 0.204. The van der Waals surface area contributed by atoms with Crippen molar-refractivity contribution in [2.45, 2.75) is 0 Å². The number of ether oxygens (including phenoxy) is 2. The zero-order valence-corrected chi connectivity index (χ0v) is 13.7. The van der Waals surface area contributed by atoms with E-state index in [-0.39, 0.29) is 6.54 Å². The summed E-state index contributed by atoms with van der Waals surface area (Å²) in [6, 6.07) is 13.5. The molecule has 0 spiro atoms. The molecule has 0 saturated heterocycles. The summed E-state index contributed by atoms with van der Waals surface area (Å²) in [7, 11) is 0. The lowest BCUT2D eigenvalue weighted by Gasteiger charge is -2.18. The molecule has 132 valence electrons. The second kappa shape index (κ2) is 7.90. The molecule has 8 nitrogen and oxygen atoms in total. The number of benzene rings is 2. The maximum atomic E-state index is 12.1. The topological polar surface area (TPSA) is 112 Å². The van der Waals surface area contributed by atoms with Crippen molar-refractivity contribution < 1.29 is 19.1 Å². The molecule has 2 aromatic carbocycles. The molecule has 1 aliphatic heterocycles. The Balaban J connectivity index is 1.47. The van der Waals surface area contributed by atoms with Crippen LogP contribution in [-0.4, -0.2) is 31.6 Å². The molecule has 0 atom stereocenters. The van der Waals surface area contributed by atoms with Crippen LogP contribution in [0, 0.1) is 11.3 Å². The van der Waals surface area contributed by atoms with E-state index in [4.69, 9.17) is 14.7 Å². The molecule has 1 aliphatic rings. The summed E-state index contributed by atoms with van der Waals surface area (Å²) < 4.78 is 10.8. The highest BCUT2D eigenvalue weighted by atomic mass is 16.6. The fourth-order valence-electron chi connectivity index (χ4n) is 2.27. The van der Waals surface area contributed by atoms with Crippen molar-refractivity contribution in [3.05, 3.63) is 53.6 Å². The monoisotopic (exact) mass is 352 g/mol. The Hall–Kier alpha value is -3.73. The van der Waals surface area contributed by atoms with E-state index in [1.807, 2.05) is 6.07 Å². The average Bonchev–Trinajstić information content (AvgIpc) is 2.70. The minimum atomic E-state index is -0.464. The number of hydrogen-bond acceptors (Lipinski definition) is 6. The number of rotatable bonds is 4. The summed E-state index contributed by atoms with van der Waals surface area (Å²) in [6.45, 7) is 0.865. The molecule has 1 heterocycles. The Bertz CT molecular complexity index is 858. The summed E-state index contributed by atoms with van der Waals surface area (Å²) in [5.41, 5.74) is 6.24. The van der Waals surface area contributed by atoms with E-state index in [9.17, 15) is 9.59 Å². The minimum Gasteiger partial charge on any atom is -0.486 e. The number of fused-ring (bicyclic) bond motifs is 1. The van der Waals surface area contributed by atoms with Gasteiger partial charge in [-0.3, -0.25) is 20.4 Å². The quantitative estimate of drug-likeness (QED) is 0.713. The first-order valence-corrected chi connectivity index (χ1v) is 7.88. The van der Waals surface area contributed by atoms with Gasteiger partial charge in [0, 0.05) is 11.3 Å². The zero-order valence-electron chi connectivity index (χ0n) is 13.7. The van der Waals surface area contributed by atoms with Crippen LogP contribution in [0.3, 0.4) is 0 Å². The van der Waals surface area contributed by atoms with Crippen LogP contribution in [-0.2, 0) is 4.79 Å². The average molecular weight is 352 g/mol. The van der Waals surface area contributed by atoms with Crippen LogP contribution in [0.4, 0.5) is 5.69 Å². The van der Waals surface area contributed by atoms with Crippen molar-refractivity contribution in [1.29, 1.82) is 5.26 Å². The van der Waals surface area contributed by atoms with Crippen LogP contribution in [0.25, 0.3) is 0 Å². The fourth-order valence-corrected chi connectivity index (χ4v) is 2.27. The molecule has 0 fully saturated rings. The summed E-state index contributed by atoms with van der Waals surface area (Å²) in [4.78, 5) is 23.9. The number of carbonyl (C=O) groups is 2. The molecule has 2 aromatic rings. The van der Waals surface area contributed by atoms with Gasteiger partial charge in [-0.2, -0.15) is 5.26 Å². The van der Waals surface area contributed by atoms with Crippen LogP contribution >= 0.6 is 0 Å². The van der Waals surface area contributed by atoms with Crippen LogP contribution in [0.15, 0.2) is 42.5 Å². The van der Waals surface area contributed by atoms with E-state index in [1.54, 1.807) is 42.5 Å². The Morgan fingerprint density at radius 3 is 2.46 bits per heavy atom. The Morgan fingerprint density at radius 1 is 1.00 bits per heavy atom. The van der Waals surface area contributed by atoms with Crippen molar-refractivity contribution in [2.24, 2.45) is 0 Å². The number of amides is 2. The molecule has 0 aromatic heterocycles. The molecule has 0 radical (unpaired) electrons. The summed E-state index contributed by atoms with van der Waals surface area (Å²) in [5, 5.41) is 11.6. The van der Waals surface area contributed by atoms with Gasteiger partial charge in [0.2, 0.25) is 0 Å². The van der Waals surface area contributed by atoms with Crippen LogP contribution in [0.1, 0.15) is 15.9 Å². The van der Waals surface area contributed by atoms with E-state index < -0.39 is 11.8 Å². The summed E-state index contributed by atoms with van der Waals surface area (Å²) in [6.07, 6.45) is 0. The molecular weight excluding hydrogens is 336 g/mol. The molecule has 3 rings (SSSR count). The van der Waals surface area contributed by atoms with Crippen LogP contribution < -0.4 is 25.6 Å². The molecule has 0 bridgehead atoms. The van der Waals surface area contributed by atoms with Crippen LogP contribution in [0.5, 0.6) is 11.5 Å². The number of nitrogens with zero attached hydrogens (tertiary/aromatic N) is 1. The summed E-state index contributed by atoms with van der Waals surface area (Å²) >= 11 is 0. The molecule has 2 amide bonds. The van der Waals surface area contributed by atoms with Gasteiger partial charge in [-0.15, -0.1) is 0 Å². The first-order valence-electron chi connectivity index (χ1n) is 7.88. The molecule has 0 unspecified atom stereocenters. The number of anilines is 1. The standard InChI is InChI=1S/C18H16N4O4/c19-10-12-1-4-14(5-2-12)20-11-17(23)21-22-18(24)13-3-6-15-16(9-13)26-8-7-25-15/h1-6,9,20H,7-8,11H2,(H,21,23)(H,22,24). The molecule has 0 saturated carbocycles. The van der Waals surface area contributed by atoms with E-state index in [1.165, 1.54) is 0 Å². The van der Waals surface area contributed by atoms with E-state index in [0.717, 1.165) is 0 Å². The highest BCUT2D eigenvalue weighted by Gasteiger charge is 2.15. The Kier molecular flexibility index (Phi) is 5.19. The first-order chi connectivity index (χ1) is 12.7. The second-order valence-corrected chi connectivity index (χ2v) is 5.40. The first kappa shape index (κ1) is 17.1. The number of carbonyl (C=O) groups excluding carboxylic acids is 2. The fraction of sp³-hybridized carbons (Fsp3) is 0.167. The zero-order chi connectivity index (χ0) is 18.4. The van der Waals surface area contributed by atoms with Crippen molar-refractivity contribution in [2.75, 3.05) is 25.1 Å². The van der Waals surface area contributed by atoms with Crippen LogP contribution in [0.2, 0.25) is 0 Å². The molecule has 26 heavy (non-hydrogen) atoms. The molecule has 8 heteroatoms. The smallest absolute Gasteiger partial charge is 0.269 e. The maximum absolute atomic E-state index is 12.1. The number of hydrazine groups is 1. The molecule has 0 aliphatic carbocycles. The van der Waals surface area contributed by atoms with E-state index >= 15 is 0 Å². The number of hydrogen-bond donors (Lipinski definition) is 3. The number of nitrogens with one attached hydrogen (secondary N) is 3. The van der Waals surface area contributed by atoms with Crippen molar-refractivity contribution >= 4 is 17.5 Å². The van der Waals surface area contributed by atoms with Crippen molar-refractivity contribution in [3.63, 3.8) is 0 Å². The SMILES string of the molecule is N#Cc1ccc(NCC(=O)NNC(=O)c2ccc3c(c2)OCCO3)cc1. The minimum absolute atomic E-state index is 0.0344. The molecular formula is C18H16N4O4. The third-order valence-corrected chi connectivity index (χ3v) is 3.59. The van der Waals surface area contributed by atoms with Gasteiger partial charge in [-0.25, -0.2) is 0 Å². The predicted octanol–water partition coefficient (Wildman–Crippen LogP) is 1.20. The Morgan fingerprint density at radius 2 is 1.73 bits per heavy atom. The van der Waals surface area contributed by atoms with Gasteiger partial charge in [-0.05, 0) is 42.5 Å². The van der Waals surface area contributed by atoms with Gasteiger partial charge in [0.15, 0.2) is 11.5 Å². The second-order valence-electron chi connectivity index (χ2n) is 5.40. The Labute approximate surface area is 149 Å². The third-order valence-electron chi connectivity index (χ3n) is 3.59. The largest absolute Gasteiger partial charge is 0.486 e. The highest BCUT2D eigenvalue weighted by molar-refractivity contribution is 5.96. The van der Waals surface area contributed by atoms with Gasteiger partial charge in [0.05, 0.1) is 18.2 Å². The van der Waals surface area contributed by atoms with Crippen molar-refractivity contribution in [1.82, 2.24) is 10.9 Å². The van der Waals surface area contributed by atoms with Gasteiger partial charge in [0.1, 0.15) is 13.2 Å². The van der Waals surface area contributed by atoms with E-state index in [2.05, 4.69) is 16.2 Å². The maximum Gasteiger partial charge on any atom is 0.269 e. The van der Waals surface area contributed by atoms with Gasteiger partial charge in [0.25, 0.3) is 11.8 Å². The van der Waals surface area contributed by atoms with Gasteiger partial charge < -0.3 is 14.8 Å². The third kappa shape index (κ3) is 4.21. The lowest BCUT2D eigenvalue weighted by atomic mass is 10.2. The predicted molar refractivity (Wildman–Crippen MR) is 92.7 cm³/mol. The van der Waals surface area contributed by atoms with Crippen molar-refractivity contribution in [3.8, 4) is 17.6 Å². The van der Waals surface area contributed by atoms with Gasteiger partial charge >= 0.3 is 0 Å². The number of nitriles is 1. The van der Waals surface area contributed by atoms with Gasteiger partial charge in [-0.1, -0.05) is 0 Å². The normalized spacial score (nSPS) is 11.8. The lowest BCUT2D eigenvalue weighted by Crippen LogP contribution is -2.44. The van der Waals surface area contributed by atoms with E-state index in [0.29, 0.717) is 41.5 Å². The highest BCUT2D eigenvalue weighted by Crippen LogP contribution is 2.30. The lowest BCUT2D eigenvalue weighted by molar-refractivity contribution is -0.120.